The van der Waals surface area contributed by atoms with Crippen LogP contribution in [-0.4, -0.2) is 67.6 Å². The maximum Gasteiger partial charge on any atom is 0.244 e. The van der Waals surface area contributed by atoms with Crippen molar-refractivity contribution >= 4 is 24.0 Å². The van der Waals surface area contributed by atoms with Crippen molar-refractivity contribution in [3.05, 3.63) is 71.8 Å². The van der Waals surface area contributed by atoms with Crippen LogP contribution in [0.25, 0.3) is 12.2 Å². The van der Waals surface area contributed by atoms with Crippen LogP contribution in [0.3, 0.4) is 0 Å². The van der Waals surface area contributed by atoms with E-state index in [9.17, 15) is 9.59 Å². The number of amides is 2. The number of nitrogens with one attached hydrogen (secondary N) is 2. The molecule has 0 aliphatic carbocycles. The summed E-state index contributed by atoms with van der Waals surface area (Å²) in [5, 5.41) is 5.41. The molecule has 10 heteroatoms. The normalized spacial score (nSPS) is 11.2. The van der Waals surface area contributed by atoms with Gasteiger partial charge in [-0.1, -0.05) is 36.5 Å². The van der Waals surface area contributed by atoms with Crippen molar-refractivity contribution in [2.24, 2.45) is 0 Å². The van der Waals surface area contributed by atoms with Crippen molar-refractivity contribution in [2.45, 2.75) is 0 Å². The second-order valence-corrected chi connectivity index (χ2v) is 7.94. The van der Waals surface area contributed by atoms with Gasteiger partial charge in [0.25, 0.3) is 0 Å². The van der Waals surface area contributed by atoms with Gasteiger partial charge in [0, 0.05) is 25.2 Å². The summed E-state index contributed by atoms with van der Waals surface area (Å²) in [7, 11) is 9.26. The highest BCUT2D eigenvalue weighted by atomic mass is 16.5. The molecule has 0 saturated heterocycles. The number of hydrogen-bond acceptors (Lipinski definition) is 8. The predicted molar refractivity (Wildman–Crippen MR) is 155 cm³/mol. The summed E-state index contributed by atoms with van der Waals surface area (Å²) in [5.74, 6) is 2.59. The van der Waals surface area contributed by atoms with Gasteiger partial charge in [0.1, 0.15) is 0 Å². The van der Waals surface area contributed by atoms with Crippen LogP contribution in [-0.2, 0) is 9.59 Å². The summed E-state index contributed by atoms with van der Waals surface area (Å²) in [6.07, 6.45) is 13.1. The SMILES string of the molecule is COc1cc(C=CC=CC(=O)NCCNC(=O)C=CC=Cc2cc(OC)c(OC)c(OC)c2)cc(OC)c1OC. The molecule has 2 amide bonds. The lowest BCUT2D eigenvalue weighted by Gasteiger charge is -2.12. The van der Waals surface area contributed by atoms with Crippen LogP contribution in [0.4, 0.5) is 0 Å². The highest BCUT2D eigenvalue weighted by Gasteiger charge is 2.12. The topological polar surface area (TPSA) is 114 Å². The van der Waals surface area contributed by atoms with Gasteiger partial charge in [0.2, 0.25) is 23.3 Å². The molecular formula is C30H36N2O8. The smallest absolute Gasteiger partial charge is 0.244 e. The first-order valence-corrected chi connectivity index (χ1v) is 12.3. The molecule has 0 radical (unpaired) electrons. The summed E-state index contributed by atoms with van der Waals surface area (Å²) in [5.41, 5.74) is 1.63. The lowest BCUT2D eigenvalue weighted by Crippen LogP contribution is -2.33. The van der Waals surface area contributed by atoms with Crippen molar-refractivity contribution in [1.29, 1.82) is 0 Å². The molecule has 2 rings (SSSR count). The molecule has 0 aliphatic rings. The lowest BCUT2D eigenvalue weighted by molar-refractivity contribution is -0.118. The first-order valence-electron chi connectivity index (χ1n) is 12.3. The van der Waals surface area contributed by atoms with E-state index in [-0.39, 0.29) is 24.9 Å². The van der Waals surface area contributed by atoms with Crippen LogP contribution in [0.5, 0.6) is 34.5 Å². The minimum Gasteiger partial charge on any atom is -0.493 e. The predicted octanol–water partition coefficient (Wildman–Crippen LogP) is 3.81. The average Bonchev–Trinajstić information content (AvgIpc) is 2.98. The Bertz CT molecular complexity index is 1120. The van der Waals surface area contributed by atoms with E-state index < -0.39 is 0 Å². The van der Waals surface area contributed by atoms with Gasteiger partial charge in [0.05, 0.1) is 42.7 Å². The fraction of sp³-hybridized carbons (Fsp3) is 0.267. The van der Waals surface area contributed by atoms with E-state index in [0.717, 1.165) is 11.1 Å². The molecular weight excluding hydrogens is 516 g/mol. The number of methoxy groups -OCH3 is 6. The van der Waals surface area contributed by atoms with E-state index in [4.69, 9.17) is 28.4 Å². The Morgan fingerprint density at radius 2 is 0.875 bits per heavy atom. The van der Waals surface area contributed by atoms with E-state index in [1.807, 2.05) is 0 Å². The van der Waals surface area contributed by atoms with E-state index >= 15 is 0 Å². The van der Waals surface area contributed by atoms with E-state index in [1.165, 1.54) is 26.4 Å². The van der Waals surface area contributed by atoms with Gasteiger partial charge in [-0.25, -0.2) is 0 Å². The Balaban J connectivity index is 1.77. The summed E-state index contributed by atoms with van der Waals surface area (Å²) in [4.78, 5) is 24.0. The number of carbonyl (C=O) groups is 2. The minimum atomic E-state index is -0.285. The summed E-state index contributed by atoms with van der Waals surface area (Å²) in [6, 6.07) is 7.19. The molecule has 2 aromatic rings. The highest BCUT2D eigenvalue weighted by Crippen LogP contribution is 2.39. The van der Waals surface area contributed by atoms with E-state index in [0.29, 0.717) is 34.5 Å². The van der Waals surface area contributed by atoms with Gasteiger partial charge < -0.3 is 39.1 Å². The maximum atomic E-state index is 12.0. The molecule has 0 bridgehead atoms. The molecule has 10 nitrogen and oxygen atoms in total. The standard InChI is InChI=1S/C30H36N2O8/c1-35-23-17-21(18-24(36-2)29(23)39-5)11-7-9-13-27(33)31-15-16-32-28(34)14-10-8-12-22-19-25(37-3)30(40-6)26(20-22)38-4/h7-14,17-20H,15-16H2,1-6H3,(H,31,33)(H,32,34). The lowest BCUT2D eigenvalue weighted by atomic mass is 10.1. The Morgan fingerprint density at radius 3 is 1.15 bits per heavy atom. The van der Waals surface area contributed by atoms with Crippen molar-refractivity contribution in [2.75, 3.05) is 55.7 Å². The maximum absolute atomic E-state index is 12.0. The Labute approximate surface area is 234 Å². The van der Waals surface area contributed by atoms with Crippen molar-refractivity contribution in [1.82, 2.24) is 10.6 Å². The molecule has 0 heterocycles. The Morgan fingerprint density at radius 1 is 0.550 bits per heavy atom. The van der Waals surface area contributed by atoms with Crippen molar-refractivity contribution in [3.63, 3.8) is 0 Å². The van der Waals surface area contributed by atoms with Crippen LogP contribution in [0.2, 0.25) is 0 Å². The molecule has 0 saturated carbocycles. The highest BCUT2D eigenvalue weighted by molar-refractivity contribution is 5.89. The zero-order chi connectivity index (χ0) is 29.3. The molecule has 0 atom stereocenters. The van der Waals surface area contributed by atoms with Gasteiger partial charge in [-0.05, 0) is 35.4 Å². The van der Waals surface area contributed by atoms with Crippen LogP contribution in [0, 0.1) is 0 Å². The van der Waals surface area contributed by atoms with E-state index in [2.05, 4.69) is 10.6 Å². The molecule has 0 fully saturated rings. The molecule has 0 spiro atoms. The summed E-state index contributed by atoms with van der Waals surface area (Å²) < 4.78 is 32.0. The van der Waals surface area contributed by atoms with Crippen molar-refractivity contribution < 1.29 is 38.0 Å². The van der Waals surface area contributed by atoms with Gasteiger partial charge in [-0.2, -0.15) is 0 Å². The fourth-order valence-corrected chi connectivity index (χ4v) is 3.50. The first-order chi connectivity index (χ1) is 19.4. The number of hydrogen-bond donors (Lipinski definition) is 2. The third-order valence-electron chi connectivity index (χ3n) is 5.39. The van der Waals surface area contributed by atoms with Gasteiger partial charge >= 0.3 is 0 Å². The Kier molecular flexibility index (Phi) is 13.2. The zero-order valence-electron chi connectivity index (χ0n) is 23.6. The minimum absolute atomic E-state index is 0.278. The van der Waals surface area contributed by atoms with Crippen molar-refractivity contribution in [3.8, 4) is 34.5 Å². The third kappa shape index (κ3) is 9.46. The number of benzene rings is 2. The third-order valence-corrected chi connectivity index (χ3v) is 5.39. The number of carbonyl (C=O) groups excluding carboxylic acids is 2. The first kappa shape index (κ1) is 31.4. The molecule has 2 N–H and O–H groups in total. The van der Waals surface area contributed by atoms with Gasteiger partial charge in [-0.15, -0.1) is 0 Å². The molecule has 214 valence electrons. The van der Waals surface area contributed by atoms with Crippen LogP contribution >= 0.6 is 0 Å². The molecule has 0 unspecified atom stereocenters. The summed E-state index contributed by atoms with van der Waals surface area (Å²) in [6.45, 7) is 0.557. The van der Waals surface area contributed by atoms with Crippen LogP contribution in [0.15, 0.2) is 60.7 Å². The molecule has 40 heavy (non-hydrogen) atoms. The average molecular weight is 553 g/mol. The monoisotopic (exact) mass is 552 g/mol. The fourth-order valence-electron chi connectivity index (χ4n) is 3.50. The largest absolute Gasteiger partial charge is 0.493 e. The van der Waals surface area contributed by atoms with Crippen LogP contribution < -0.4 is 39.1 Å². The summed E-state index contributed by atoms with van der Waals surface area (Å²) >= 11 is 0. The second-order valence-electron chi connectivity index (χ2n) is 7.94. The molecule has 0 aromatic heterocycles. The van der Waals surface area contributed by atoms with E-state index in [1.54, 1.807) is 89.2 Å². The van der Waals surface area contributed by atoms with Crippen LogP contribution in [0.1, 0.15) is 11.1 Å². The second kappa shape index (κ2) is 16.9. The molecule has 0 aliphatic heterocycles. The van der Waals surface area contributed by atoms with Gasteiger partial charge in [0.15, 0.2) is 23.0 Å². The number of ether oxygens (including phenoxy) is 6. The zero-order valence-corrected chi connectivity index (χ0v) is 23.6. The number of allylic oxidation sites excluding steroid dienone is 4. The van der Waals surface area contributed by atoms with Gasteiger partial charge in [-0.3, -0.25) is 9.59 Å². The quantitative estimate of drug-likeness (QED) is 0.195. The Hall–Kier alpha value is -4.86. The molecule has 2 aromatic carbocycles. The number of rotatable bonds is 15.